The third-order valence-corrected chi connectivity index (χ3v) is 3.31. The van der Waals surface area contributed by atoms with Crippen LogP contribution in [0.3, 0.4) is 0 Å². The molecule has 1 atom stereocenters. The molecule has 0 aromatic carbocycles. The molecule has 5 nitrogen and oxygen atoms in total. The molecule has 8 heteroatoms. The van der Waals surface area contributed by atoms with Crippen molar-refractivity contribution in [2.24, 2.45) is 11.7 Å². The second kappa shape index (κ2) is 5.18. The Labute approximate surface area is 114 Å². The second-order valence-electron chi connectivity index (χ2n) is 4.68. The van der Waals surface area contributed by atoms with E-state index in [-0.39, 0.29) is 17.6 Å². The molecule has 1 amide bonds. The predicted octanol–water partition coefficient (Wildman–Crippen LogP) is 1.45. The molecule has 2 rings (SSSR count). The topological polar surface area (TPSA) is 71.2 Å². The van der Waals surface area contributed by atoms with Crippen molar-refractivity contribution in [2.75, 3.05) is 30.4 Å². The van der Waals surface area contributed by atoms with Crippen LogP contribution in [0.5, 0.6) is 0 Å². The van der Waals surface area contributed by atoms with E-state index in [4.69, 9.17) is 5.73 Å². The quantitative estimate of drug-likeness (QED) is 0.883. The molecule has 1 aromatic rings. The largest absolute Gasteiger partial charge is 0.416 e. The number of carbonyl (C=O) groups is 1. The summed E-state index contributed by atoms with van der Waals surface area (Å²) in [5, 5.41) is 2.61. The number of aromatic nitrogens is 1. The van der Waals surface area contributed by atoms with E-state index < -0.39 is 17.6 Å². The normalized spacial score (nSPS) is 19.2. The number of alkyl halides is 3. The van der Waals surface area contributed by atoms with Crippen LogP contribution in [0.4, 0.5) is 24.8 Å². The second-order valence-corrected chi connectivity index (χ2v) is 4.68. The predicted molar refractivity (Wildman–Crippen MR) is 68.3 cm³/mol. The van der Waals surface area contributed by atoms with E-state index in [1.807, 2.05) is 0 Å². The van der Waals surface area contributed by atoms with E-state index >= 15 is 0 Å². The highest BCUT2D eigenvalue weighted by molar-refractivity contribution is 5.78. The van der Waals surface area contributed by atoms with E-state index in [1.165, 1.54) is 7.05 Å². The number of primary amides is 1. The Bertz CT molecular complexity index is 518. The van der Waals surface area contributed by atoms with Gasteiger partial charge in [0.15, 0.2) is 0 Å². The lowest BCUT2D eigenvalue weighted by atomic mass is 10.1. The Morgan fingerprint density at radius 2 is 2.20 bits per heavy atom. The zero-order valence-corrected chi connectivity index (χ0v) is 10.9. The van der Waals surface area contributed by atoms with Crippen molar-refractivity contribution < 1.29 is 18.0 Å². The van der Waals surface area contributed by atoms with Gasteiger partial charge in [-0.25, -0.2) is 4.98 Å². The molecule has 1 fully saturated rings. The molecule has 0 bridgehead atoms. The summed E-state index contributed by atoms with van der Waals surface area (Å²) in [5.74, 6) is -0.442. The zero-order chi connectivity index (χ0) is 14.9. The fraction of sp³-hybridized carbons (Fsp3) is 0.500. The first-order chi connectivity index (χ1) is 9.31. The number of pyridine rings is 1. The van der Waals surface area contributed by atoms with Crippen molar-refractivity contribution in [1.82, 2.24) is 4.98 Å². The maximum Gasteiger partial charge on any atom is 0.416 e. The summed E-state index contributed by atoms with van der Waals surface area (Å²) in [6, 6.07) is 1.94. The van der Waals surface area contributed by atoms with Gasteiger partial charge < -0.3 is 16.0 Å². The summed E-state index contributed by atoms with van der Waals surface area (Å²) in [6.07, 6.45) is -3.91. The Hall–Kier alpha value is -1.99. The number of hydrogen-bond acceptors (Lipinski definition) is 4. The molecule has 0 aliphatic carbocycles. The lowest BCUT2D eigenvalue weighted by Crippen LogP contribution is -2.28. The lowest BCUT2D eigenvalue weighted by molar-refractivity contribution is -0.137. The van der Waals surface area contributed by atoms with E-state index in [1.54, 1.807) is 4.90 Å². The molecule has 110 valence electrons. The fourth-order valence-electron chi connectivity index (χ4n) is 2.17. The molecule has 1 unspecified atom stereocenters. The number of hydrogen-bond donors (Lipinski definition) is 2. The van der Waals surface area contributed by atoms with Crippen molar-refractivity contribution in [2.45, 2.75) is 12.6 Å². The van der Waals surface area contributed by atoms with Crippen LogP contribution in [-0.4, -0.2) is 31.0 Å². The molecule has 3 N–H and O–H groups in total. The third-order valence-electron chi connectivity index (χ3n) is 3.31. The maximum absolute atomic E-state index is 12.8. The van der Waals surface area contributed by atoms with Crippen molar-refractivity contribution >= 4 is 17.5 Å². The average molecular weight is 288 g/mol. The molecular formula is C12H15F3N4O. The van der Waals surface area contributed by atoms with Crippen molar-refractivity contribution in [3.63, 3.8) is 0 Å². The standard InChI is InChI=1S/C12H15F3N4O/c1-17-9-4-8(12(13,14)15)5-10(18-9)19-3-2-7(6-19)11(16)20/h4-5,7H,2-3,6H2,1H3,(H2,16,20)(H,17,18). The molecule has 2 heterocycles. The average Bonchev–Trinajstić information content (AvgIpc) is 2.87. The van der Waals surface area contributed by atoms with Gasteiger partial charge in [0.05, 0.1) is 11.5 Å². The molecule has 1 aliphatic rings. The van der Waals surface area contributed by atoms with E-state index in [0.29, 0.717) is 19.5 Å². The highest BCUT2D eigenvalue weighted by Gasteiger charge is 2.33. The molecule has 0 saturated carbocycles. The first-order valence-electron chi connectivity index (χ1n) is 6.12. The van der Waals surface area contributed by atoms with E-state index in [2.05, 4.69) is 10.3 Å². The van der Waals surface area contributed by atoms with Crippen LogP contribution >= 0.6 is 0 Å². The first kappa shape index (κ1) is 14.4. The van der Waals surface area contributed by atoms with Gasteiger partial charge in [-0.1, -0.05) is 0 Å². The Kier molecular flexibility index (Phi) is 3.74. The van der Waals surface area contributed by atoms with Gasteiger partial charge in [0, 0.05) is 20.1 Å². The Morgan fingerprint density at radius 1 is 1.50 bits per heavy atom. The van der Waals surface area contributed by atoms with Crippen molar-refractivity contribution in [1.29, 1.82) is 0 Å². The summed E-state index contributed by atoms with van der Waals surface area (Å²) >= 11 is 0. The lowest BCUT2D eigenvalue weighted by Gasteiger charge is -2.19. The van der Waals surface area contributed by atoms with Crippen molar-refractivity contribution in [3.05, 3.63) is 17.7 Å². The summed E-state index contributed by atoms with van der Waals surface area (Å²) < 4.78 is 38.5. The first-order valence-corrected chi connectivity index (χ1v) is 6.12. The van der Waals surface area contributed by atoms with Gasteiger partial charge in [-0.3, -0.25) is 4.79 Å². The number of nitrogens with two attached hydrogens (primary N) is 1. The molecule has 20 heavy (non-hydrogen) atoms. The minimum absolute atomic E-state index is 0.136. The van der Waals surface area contributed by atoms with Crippen molar-refractivity contribution in [3.8, 4) is 0 Å². The van der Waals surface area contributed by atoms with Crippen LogP contribution in [-0.2, 0) is 11.0 Å². The maximum atomic E-state index is 12.8. The number of anilines is 2. The molecule has 0 radical (unpaired) electrons. The zero-order valence-electron chi connectivity index (χ0n) is 10.9. The molecule has 1 saturated heterocycles. The van der Waals surface area contributed by atoms with Gasteiger partial charge in [-0.2, -0.15) is 13.2 Å². The fourth-order valence-corrected chi connectivity index (χ4v) is 2.17. The van der Waals surface area contributed by atoms with Crippen LogP contribution in [0, 0.1) is 5.92 Å². The number of amides is 1. The van der Waals surface area contributed by atoms with E-state index in [9.17, 15) is 18.0 Å². The SMILES string of the molecule is CNc1cc(C(F)(F)F)cc(N2CCC(C(N)=O)C2)n1. The summed E-state index contributed by atoms with van der Waals surface area (Å²) in [5.41, 5.74) is 4.45. The van der Waals surface area contributed by atoms with Gasteiger partial charge in [0.1, 0.15) is 11.6 Å². The van der Waals surface area contributed by atoms with Gasteiger partial charge in [-0.05, 0) is 18.6 Å². The Balaban J connectivity index is 2.30. The summed E-state index contributed by atoms with van der Waals surface area (Å²) in [6.45, 7) is 0.762. The third kappa shape index (κ3) is 2.94. The number of rotatable bonds is 3. The molecule has 1 aromatic heterocycles. The van der Waals surface area contributed by atoms with Crippen LogP contribution in [0.1, 0.15) is 12.0 Å². The monoisotopic (exact) mass is 288 g/mol. The van der Waals surface area contributed by atoms with Crippen LogP contribution < -0.4 is 16.0 Å². The highest BCUT2D eigenvalue weighted by Crippen LogP contribution is 2.34. The summed E-state index contributed by atoms with van der Waals surface area (Å²) in [4.78, 5) is 16.9. The smallest absolute Gasteiger partial charge is 0.373 e. The van der Waals surface area contributed by atoms with Crippen LogP contribution in [0.25, 0.3) is 0 Å². The molecule has 1 aliphatic heterocycles. The Morgan fingerprint density at radius 3 is 2.70 bits per heavy atom. The van der Waals surface area contributed by atoms with Gasteiger partial charge in [0.2, 0.25) is 5.91 Å². The number of halogens is 3. The number of carbonyl (C=O) groups excluding carboxylic acids is 1. The molecular weight excluding hydrogens is 273 g/mol. The van der Waals surface area contributed by atoms with Gasteiger partial charge in [0.25, 0.3) is 0 Å². The number of nitrogens with one attached hydrogen (secondary N) is 1. The minimum atomic E-state index is -4.44. The highest BCUT2D eigenvalue weighted by atomic mass is 19.4. The minimum Gasteiger partial charge on any atom is -0.373 e. The van der Waals surface area contributed by atoms with Crippen LogP contribution in [0.2, 0.25) is 0 Å². The summed E-state index contributed by atoms with van der Waals surface area (Å²) in [7, 11) is 1.50. The van der Waals surface area contributed by atoms with Gasteiger partial charge in [-0.15, -0.1) is 0 Å². The molecule has 0 spiro atoms. The van der Waals surface area contributed by atoms with Crippen LogP contribution in [0.15, 0.2) is 12.1 Å². The van der Waals surface area contributed by atoms with E-state index in [0.717, 1.165) is 12.1 Å². The van der Waals surface area contributed by atoms with Gasteiger partial charge >= 0.3 is 6.18 Å². The number of nitrogens with zero attached hydrogens (tertiary/aromatic N) is 2.